The molecule has 20 heavy (non-hydrogen) atoms. The monoisotopic (exact) mass is 279 g/mol. The second kappa shape index (κ2) is 7.50. The van der Waals surface area contributed by atoms with Gasteiger partial charge in [0.1, 0.15) is 0 Å². The van der Waals surface area contributed by atoms with E-state index in [0.29, 0.717) is 12.7 Å². The molecule has 0 aromatic heterocycles. The topological polar surface area (TPSA) is 50.7 Å². The molecule has 2 unspecified atom stereocenters. The standard InChI is InChI=1S/C16H25NO3/c1-3-4-13(7-8-18)10-17-12(2)14-5-6-15-16(9-14)20-11-19-15/h5-6,9,12-13,17-18H,3-4,7-8,10-11H2,1-2H3. The van der Waals surface area contributed by atoms with Gasteiger partial charge in [0.15, 0.2) is 11.5 Å². The minimum Gasteiger partial charge on any atom is -0.454 e. The molecular weight excluding hydrogens is 254 g/mol. The van der Waals surface area contributed by atoms with Crippen LogP contribution in [0, 0.1) is 5.92 Å². The summed E-state index contributed by atoms with van der Waals surface area (Å²) in [6, 6.07) is 6.35. The van der Waals surface area contributed by atoms with Crippen LogP contribution in [0.25, 0.3) is 0 Å². The fourth-order valence-electron chi connectivity index (χ4n) is 2.58. The summed E-state index contributed by atoms with van der Waals surface area (Å²) in [7, 11) is 0. The zero-order valence-corrected chi connectivity index (χ0v) is 12.4. The lowest BCUT2D eigenvalue weighted by molar-refractivity contribution is 0.174. The summed E-state index contributed by atoms with van der Waals surface area (Å²) in [5.41, 5.74) is 1.20. The predicted molar refractivity (Wildman–Crippen MR) is 79.1 cm³/mol. The third kappa shape index (κ3) is 3.87. The molecule has 112 valence electrons. The average Bonchev–Trinajstić information content (AvgIpc) is 2.92. The Morgan fingerprint density at radius 3 is 2.80 bits per heavy atom. The highest BCUT2D eigenvalue weighted by Crippen LogP contribution is 2.34. The van der Waals surface area contributed by atoms with Crippen molar-refractivity contribution in [2.75, 3.05) is 19.9 Å². The van der Waals surface area contributed by atoms with Crippen LogP contribution in [0.3, 0.4) is 0 Å². The maximum atomic E-state index is 9.09. The maximum absolute atomic E-state index is 9.09. The van der Waals surface area contributed by atoms with E-state index in [1.165, 1.54) is 5.56 Å². The van der Waals surface area contributed by atoms with Crippen molar-refractivity contribution in [1.29, 1.82) is 0 Å². The second-order valence-corrected chi connectivity index (χ2v) is 5.41. The van der Waals surface area contributed by atoms with E-state index in [9.17, 15) is 0 Å². The Balaban J connectivity index is 1.89. The van der Waals surface area contributed by atoms with Crippen LogP contribution in [-0.4, -0.2) is 25.1 Å². The van der Waals surface area contributed by atoms with Crippen LogP contribution in [0.4, 0.5) is 0 Å². The van der Waals surface area contributed by atoms with Crippen LogP contribution >= 0.6 is 0 Å². The van der Waals surface area contributed by atoms with Crippen molar-refractivity contribution in [2.24, 2.45) is 5.92 Å². The van der Waals surface area contributed by atoms with E-state index in [2.05, 4.69) is 25.2 Å². The molecule has 1 aromatic rings. The number of ether oxygens (including phenoxy) is 2. The molecule has 2 rings (SSSR count). The first-order valence-electron chi connectivity index (χ1n) is 7.48. The number of benzene rings is 1. The highest BCUT2D eigenvalue weighted by atomic mass is 16.7. The highest BCUT2D eigenvalue weighted by molar-refractivity contribution is 5.45. The van der Waals surface area contributed by atoms with Crippen molar-refractivity contribution in [3.63, 3.8) is 0 Å². The van der Waals surface area contributed by atoms with Gasteiger partial charge in [-0.1, -0.05) is 19.4 Å². The molecule has 0 spiro atoms. The summed E-state index contributed by atoms with van der Waals surface area (Å²) >= 11 is 0. The van der Waals surface area contributed by atoms with E-state index >= 15 is 0 Å². The van der Waals surface area contributed by atoms with Crippen molar-refractivity contribution in [3.05, 3.63) is 23.8 Å². The zero-order valence-electron chi connectivity index (χ0n) is 12.4. The molecule has 2 atom stereocenters. The quantitative estimate of drug-likeness (QED) is 0.768. The lowest BCUT2D eigenvalue weighted by Crippen LogP contribution is -2.26. The Kier molecular flexibility index (Phi) is 5.68. The van der Waals surface area contributed by atoms with Crippen molar-refractivity contribution in [3.8, 4) is 11.5 Å². The lowest BCUT2D eigenvalue weighted by atomic mass is 9.99. The Morgan fingerprint density at radius 2 is 2.05 bits per heavy atom. The minimum absolute atomic E-state index is 0.266. The summed E-state index contributed by atoms with van der Waals surface area (Å²) in [5.74, 6) is 2.20. The number of hydrogen-bond acceptors (Lipinski definition) is 4. The fourth-order valence-corrected chi connectivity index (χ4v) is 2.58. The van der Waals surface area contributed by atoms with Gasteiger partial charge in [0, 0.05) is 12.6 Å². The molecule has 1 heterocycles. The molecule has 0 fully saturated rings. The van der Waals surface area contributed by atoms with Crippen molar-refractivity contribution < 1.29 is 14.6 Å². The molecule has 4 heteroatoms. The Morgan fingerprint density at radius 1 is 1.25 bits per heavy atom. The van der Waals surface area contributed by atoms with Crippen LogP contribution in [0.1, 0.15) is 44.7 Å². The zero-order chi connectivity index (χ0) is 14.4. The van der Waals surface area contributed by atoms with Crippen molar-refractivity contribution >= 4 is 0 Å². The van der Waals surface area contributed by atoms with Gasteiger partial charge >= 0.3 is 0 Å². The first-order valence-corrected chi connectivity index (χ1v) is 7.48. The molecule has 0 amide bonds. The number of hydrogen-bond donors (Lipinski definition) is 2. The molecule has 4 nitrogen and oxygen atoms in total. The smallest absolute Gasteiger partial charge is 0.231 e. The first-order chi connectivity index (χ1) is 9.74. The van der Waals surface area contributed by atoms with Gasteiger partial charge in [0.05, 0.1) is 0 Å². The largest absolute Gasteiger partial charge is 0.454 e. The minimum atomic E-state index is 0.266. The second-order valence-electron chi connectivity index (χ2n) is 5.41. The molecular formula is C16H25NO3. The van der Waals surface area contributed by atoms with Gasteiger partial charge in [-0.25, -0.2) is 0 Å². The normalized spacial score (nSPS) is 16.1. The fraction of sp³-hybridized carbons (Fsp3) is 0.625. The van der Waals surface area contributed by atoms with Crippen LogP contribution in [-0.2, 0) is 0 Å². The van der Waals surface area contributed by atoms with Crippen LogP contribution in [0.5, 0.6) is 11.5 Å². The number of nitrogens with one attached hydrogen (secondary N) is 1. The van der Waals surface area contributed by atoms with Gasteiger partial charge in [-0.2, -0.15) is 0 Å². The van der Waals surface area contributed by atoms with Crippen molar-refractivity contribution in [1.82, 2.24) is 5.32 Å². The number of fused-ring (bicyclic) bond motifs is 1. The van der Waals surface area contributed by atoms with E-state index in [1.807, 2.05) is 12.1 Å². The molecule has 0 saturated heterocycles. The summed E-state index contributed by atoms with van der Waals surface area (Å²) in [6.07, 6.45) is 3.18. The summed E-state index contributed by atoms with van der Waals surface area (Å²) < 4.78 is 10.7. The third-order valence-electron chi connectivity index (χ3n) is 3.84. The molecule has 0 bridgehead atoms. The van der Waals surface area contributed by atoms with Gasteiger partial charge in [0.2, 0.25) is 6.79 Å². The average molecular weight is 279 g/mol. The SMILES string of the molecule is CCCC(CCO)CNC(C)c1ccc2c(c1)OCO2. The molecule has 1 aliphatic rings. The molecule has 0 saturated carbocycles. The summed E-state index contributed by atoms with van der Waals surface area (Å²) in [6.45, 7) is 5.86. The number of rotatable bonds is 8. The molecule has 1 aliphatic heterocycles. The van der Waals surface area contributed by atoms with Gasteiger partial charge in [-0.15, -0.1) is 0 Å². The van der Waals surface area contributed by atoms with Gasteiger partial charge in [-0.05, 0) is 49.9 Å². The van der Waals surface area contributed by atoms with Crippen molar-refractivity contribution in [2.45, 2.75) is 39.2 Å². The molecule has 0 aliphatic carbocycles. The van der Waals surface area contributed by atoms with Crippen LogP contribution in [0.2, 0.25) is 0 Å². The highest BCUT2D eigenvalue weighted by Gasteiger charge is 2.16. The molecule has 1 aromatic carbocycles. The maximum Gasteiger partial charge on any atom is 0.231 e. The van der Waals surface area contributed by atoms with E-state index in [1.54, 1.807) is 0 Å². The Hall–Kier alpha value is -1.26. The van der Waals surface area contributed by atoms with Crippen LogP contribution < -0.4 is 14.8 Å². The number of aliphatic hydroxyl groups is 1. The lowest BCUT2D eigenvalue weighted by Gasteiger charge is -2.20. The Bertz CT molecular complexity index is 416. The van der Waals surface area contributed by atoms with E-state index < -0.39 is 0 Å². The van der Waals surface area contributed by atoms with Gasteiger partial charge in [0.25, 0.3) is 0 Å². The Labute approximate surface area is 121 Å². The summed E-state index contributed by atoms with van der Waals surface area (Å²) in [5, 5.41) is 12.6. The third-order valence-corrected chi connectivity index (χ3v) is 3.84. The van der Waals surface area contributed by atoms with Gasteiger partial charge in [-0.3, -0.25) is 0 Å². The van der Waals surface area contributed by atoms with E-state index in [0.717, 1.165) is 37.3 Å². The molecule has 2 N–H and O–H groups in total. The molecule has 0 radical (unpaired) electrons. The predicted octanol–water partition coefficient (Wildman–Crippen LogP) is 2.86. The van der Waals surface area contributed by atoms with Crippen LogP contribution in [0.15, 0.2) is 18.2 Å². The van der Waals surface area contributed by atoms with E-state index in [-0.39, 0.29) is 12.6 Å². The summed E-state index contributed by atoms with van der Waals surface area (Å²) in [4.78, 5) is 0. The number of aliphatic hydroxyl groups excluding tert-OH is 1. The van der Waals surface area contributed by atoms with E-state index in [4.69, 9.17) is 14.6 Å². The van der Waals surface area contributed by atoms with Gasteiger partial charge < -0.3 is 19.9 Å². The first kappa shape index (κ1) is 15.1.